The smallest absolute Gasteiger partial charge is 0.379 e. The van der Waals surface area contributed by atoms with E-state index in [1.807, 2.05) is 6.55 Å². The van der Waals surface area contributed by atoms with Crippen LogP contribution >= 0.6 is 0 Å². The highest BCUT2D eigenvalue weighted by Crippen LogP contribution is 2.10. The Kier molecular flexibility index (Phi) is 19.7. The van der Waals surface area contributed by atoms with E-state index in [4.69, 9.17) is 27.5 Å². The van der Waals surface area contributed by atoms with E-state index >= 15 is 0 Å². The molecule has 0 fully saturated rings. The predicted octanol–water partition coefficient (Wildman–Crippen LogP) is 4.06. The van der Waals surface area contributed by atoms with E-state index in [1.54, 1.807) is 0 Å². The fraction of sp³-hybridized carbons (Fsp3) is 1.00. The van der Waals surface area contributed by atoms with Crippen molar-refractivity contribution >= 4 is 8.80 Å². The van der Waals surface area contributed by atoms with Crippen molar-refractivity contribution in [2.24, 2.45) is 0 Å². The predicted molar refractivity (Wildman–Crippen MR) is 107 cm³/mol. The lowest BCUT2D eigenvalue weighted by Crippen LogP contribution is -2.45. The summed E-state index contributed by atoms with van der Waals surface area (Å²) in [5.41, 5.74) is 0. The van der Waals surface area contributed by atoms with Crippen LogP contribution in [0.25, 0.3) is 0 Å². The molecule has 0 atom stereocenters. The third-order valence-electron chi connectivity index (χ3n) is 3.70. The zero-order valence-electron chi connectivity index (χ0n) is 17.6. The number of rotatable bonds is 21. The molecule has 0 heterocycles. The standard InChI is InChI=1S/C19H42O6Si/c1-5-8-11-20-14-17-23-26(4,24-18-15-21-12-9-6-2)25-19-16-22-13-10-7-3/h5-19H2,1-4H3. The minimum absolute atomic E-state index is 0.486. The van der Waals surface area contributed by atoms with Crippen LogP contribution in [0.15, 0.2) is 0 Å². The summed E-state index contributed by atoms with van der Waals surface area (Å²) in [4.78, 5) is 0. The van der Waals surface area contributed by atoms with E-state index in [9.17, 15) is 0 Å². The molecule has 0 aromatic carbocycles. The molecule has 158 valence electrons. The molecule has 0 saturated heterocycles. The first kappa shape index (κ1) is 26.0. The molecule has 0 amide bonds. The Morgan fingerprint density at radius 1 is 0.462 bits per heavy atom. The quantitative estimate of drug-likeness (QED) is 0.216. The molecule has 0 bridgehead atoms. The fourth-order valence-corrected chi connectivity index (χ4v) is 3.64. The molecular weight excluding hydrogens is 352 g/mol. The largest absolute Gasteiger partial charge is 0.497 e. The van der Waals surface area contributed by atoms with Gasteiger partial charge >= 0.3 is 8.80 Å². The summed E-state index contributed by atoms with van der Waals surface area (Å²) < 4.78 is 34.4. The molecule has 0 saturated carbocycles. The SMILES string of the molecule is CCCCOCCO[Si](C)(OCCOCCCC)OCCOCCCC. The lowest BCUT2D eigenvalue weighted by molar-refractivity contribution is 0.00368. The molecule has 6 nitrogen and oxygen atoms in total. The Bertz CT molecular complexity index is 240. The summed E-state index contributed by atoms with van der Waals surface area (Å²) in [6, 6.07) is 0. The van der Waals surface area contributed by atoms with E-state index in [0.717, 1.165) is 58.3 Å². The van der Waals surface area contributed by atoms with Crippen LogP contribution in [0.4, 0.5) is 0 Å². The zero-order valence-corrected chi connectivity index (χ0v) is 18.6. The van der Waals surface area contributed by atoms with Crippen molar-refractivity contribution in [3.63, 3.8) is 0 Å². The molecule has 0 aliphatic carbocycles. The normalized spacial score (nSPS) is 12.0. The first-order valence-electron chi connectivity index (χ1n) is 10.3. The van der Waals surface area contributed by atoms with Gasteiger partial charge in [0.2, 0.25) is 0 Å². The van der Waals surface area contributed by atoms with Gasteiger partial charge in [-0.2, -0.15) is 0 Å². The van der Waals surface area contributed by atoms with Gasteiger partial charge in [0, 0.05) is 26.4 Å². The van der Waals surface area contributed by atoms with E-state index < -0.39 is 8.80 Å². The zero-order chi connectivity index (χ0) is 19.3. The van der Waals surface area contributed by atoms with Crippen LogP contribution < -0.4 is 0 Å². The molecule has 0 spiro atoms. The average molecular weight is 395 g/mol. The molecule has 0 aromatic rings. The summed E-state index contributed by atoms with van der Waals surface area (Å²) in [5.74, 6) is 0. The molecule has 0 aliphatic rings. The van der Waals surface area contributed by atoms with E-state index in [0.29, 0.717) is 39.6 Å². The topological polar surface area (TPSA) is 55.4 Å². The van der Waals surface area contributed by atoms with Crippen molar-refractivity contribution in [2.75, 3.05) is 59.5 Å². The van der Waals surface area contributed by atoms with Gasteiger partial charge in [0.15, 0.2) is 0 Å². The first-order chi connectivity index (χ1) is 12.7. The highest BCUT2D eigenvalue weighted by atomic mass is 28.4. The van der Waals surface area contributed by atoms with Crippen molar-refractivity contribution in [1.82, 2.24) is 0 Å². The Labute approximate surface area is 162 Å². The van der Waals surface area contributed by atoms with Gasteiger partial charge in [-0.05, 0) is 19.3 Å². The van der Waals surface area contributed by atoms with Crippen molar-refractivity contribution in [2.45, 2.75) is 65.8 Å². The van der Waals surface area contributed by atoms with Crippen LogP contribution in [-0.4, -0.2) is 68.3 Å². The molecule has 0 aliphatic heterocycles. The highest BCUT2D eigenvalue weighted by Gasteiger charge is 2.34. The highest BCUT2D eigenvalue weighted by molar-refractivity contribution is 6.59. The maximum Gasteiger partial charge on any atom is 0.497 e. The van der Waals surface area contributed by atoms with Gasteiger partial charge in [-0.1, -0.05) is 40.0 Å². The van der Waals surface area contributed by atoms with Crippen molar-refractivity contribution in [1.29, 1.82) is 0 Å². The third-order valence-corrected chi connectivity index (χ3v) is 5.89. The molecule has 0 radical (unpaired) electrons. The summed E-state index contributed by atoms with van der Waals surface area (Å²) in [7, 11) is -2.69. The Hall–Kier alpha value is -0.0231. The van der Waals surface area contributed by atoms with Gasteiger partial charge in [0.1, 0.15) is 0 Å². The number of ether oxygens (including phenoxy) is 3. The summed E-state index contributed by atoms with van der Waals surface area (Å²) >= 11 is 0. The molecule has 0 unspecified atom stereocenters. The van der Waals surface area contributed by atoms with Crippen LogP contribution in [0.3, 0.4) is 0 Å². The van der Waals surface area contributed by atoms with Crippen molar-refractivity contribution in [3.05, 3.63) is 0 Å². The van der Waals surface area contributed by atoms with Crippen molar-refractivity contribution in [3.8, 4) is 0 Å². The second-order valence-electron chi connectivity index (χ2n) is 6.31. The van der Waals surface area contributed by atoms with Gasteiger partial charge < -0.3 is 27.5 Å². The molecule has 26 heavy (non-hydrogen) atoms. The van der Waals surface area contributed by atoms with Crippen molar-refractivity contribution < 1.29 is 27.5 Å². The number of hydrogen-bond donors (Lipinski definition) is 0. The van der Waals surface area contributed by atoms with Gasteiger partial charge in [-0.25, -0.2) is 0 Å². The van der Waals surface area contributed by atoms with Crippen LogP contribution in [0.5, 0.6) is 0 Å². The van der Waals surface area contributed by atoms with Gasteiger partial charge in [-0.3, -0.25) is 0 Å². The van der Waals surface area contributed by atoms with Gasteiger partial charge in [-0.15, -0.1) is 0 Å². The second-order valence-corrected chi connectivity index (χ2v) is 8.90. The third kappa shape index (κ3) is 17.4. The van der Waals surface area contributed by atoms with Crippen LogP contribution in [0.1, 0.15) is 59.3 Å². The lowest BCUT2D eigenvalue weighted by Gasteiger charge is -2.26. The molecule has 7 heteroatoms. The Morgan fingerprint density at radius 2 is 0.769 bits per heavy atom. The molecule has 0 aromatic heterocycles. The minimum Gasteiger partial charge on any atom is -0.379 e. The lowest BCUT2D eigenvalue weighted by atomic mass is 10.4. The van der Waals surface area contributed by atoms with Gasteiger partial charge in [0.05, 0.1) is 39.6 Å². The Morgan fingerprint density at radius 3 is 1.04 bits per heavy atom. The van der Waals surface area contributed by atoms with Crippen LogP contribution in [0, 0.1) is 0 Å². The fourth-order valence-electron chi connectivity index (χ4n) is 2.03. The second kappa shape index (κ2) is 19.7. The summed E-state index contributed by atoms with van der Waals surface area (Å²) in [6.07, 6.45) is 6.63. The van der Waals surface area contributed by atoms with Gasteiger partial charge in [0.25, 0.3) is 0 Å². The average Bonchev–Trinajstić information content (AvgIpc) is 2.64. The van der Waals surface area contributed by atoms with E-state index in [2.05, 4.69) is 20.8 Å². The summed E-state index contributed by atoms with van der Waals surface area (Å²) in [6.45, 7) is 13.9. The van der Waals surface area contributed by atoms with E-state index in [-0.39, 0.29) is 0 Å². The molecular formula is C19H42O6Si. The number of unbranched alkanes of at least 4 members (excludes halogenated alkanes) is 3. The van der Waals surface area contributed by atoms with Crippen LogP contribution in [0.2, 0.25) is 6.55 Å². The maximum absolute atomic E-state index is 5.92. The van der Waals surface area contributed by atoms with E-state index in [1.165, 1.54) is 0 Å². The number of hydrogen-bond acceptors (Lipinski definition) is 6. The minimum atomic E-state index is -2.69. The molecule has 0 rings (SSSR count). The monoisotopic (exact) mass is 394 g/mol. The Balaban J connectivity index is 4.02. The maximum atomic E-state index is 5.92. The van der Waals surface area contributed by atoms with Crippen LogP contribution in [-0.2, 0) is 27.5 Å². The molecule has 0 N–H and O–H groups in total. The summed E-state index contributed by atoms with van der Waals surface area (Å²) in [5, 5.41) is 0. The first-order valence-corrected chi connectivity index (χ1v) is 12.6.